The number of nitrogens with two attached hydrogens (primary N) is 1. The van der Waals surface area contributed by atoms with Crippen LogP contribution in [0.2, 0.25) is 0 Å². The van der Waals surface area contributed by atoms with Crippen molar-refractivity contribution in [1.82, 2.24) is 5.32 Å². The van der Waals surface area contributed by atoms with E-state index in [9.17, 15) is 9.18 Å². The minimum atomic E-state index is -0.534. The molecule has 3 N–H and O–H groups in total. The van der Waals surface area contributed by atoms with E-state index in [-0.39, 0.29) is 24.8 Å². The zero-order valence-electron chi connectivity index (χ0n) is 15.6. The first-order valence-corrected chi connectivity index (χ1v) is 9.26. The van der Waals surface area contributed by atoms with Crippen LogP contribution in [0.15, 0.2) is 66.7 Å². The molecule has 0 saturated heterocycles. The molecule has 0 spiro atoms. The van der Waals surface area contributed by atoms with Crippen molar-refractivity contribution in [2.75, 3.05) is 18.9 Å². The predicted molar refractivity (Wildman–Crippen MR) is 111 cm³/mol. The van der Waals surface area contributed by atoms with E-state index in [4.69, 9.17) is 10.5 Å². The lowest BCUT2D eigenvalue weighted by Gasteiger charge is -2.14. The standard InChI is InChI=1S/C24H19FN2O2/c25-17-12-11-16(23(26)14-17)6-5-13-27-24(28)29-15-22-20-9-3-1-7-18(20)19-8-2-4-10-21(19)22/h1-4,7-12,14,22H,13,15,26H2,(H,27,28). The lowest BCUT2D eigenvalue weighted by molar-refractivity contribution is 0.144. The number of hydrogen-bond donors (Lipinski definition) is 2. The molecule has 0 aromatic heterocycles. The maximum absolute atomic E-state index is 13.0. The number of alkyl carbamates (subject to hydrolysis) is 1. The molecule has 0 heterocycles. The Labute approximate surface area is 168 Å². The zero-order chi connectivity index (χ0) is 20.2. The van der Waals surface area contributed by atoms with Gasteiger partial charge in [0.15, 0.2) is 0 Å². The van der Waals surface area contributed by atoms with Crippen LogP contribution in [-0.2, 0) is 4.74 Å². The third kappa shape index (κ3) is 3.92. The van der Waals surface area contributed by atoms with Crippen LogP contribution in [0, 0.1) is 17.7 Å². The number of ether oxygens (including phenoxy) is 1. The number of carbonyl (C=O) groups excluding carboxylic acids is 1. The number of anilines is 1. The smallest absolute Gasteiger partial charge is 0.407 e. The van der Waals surface area contributed by atoms with Crippen LogP contribution in [0.5, 0.6) is 0 Å². The van der Waals surface area contributed by atoms with Gasteiger partial charge in [0.05, 0.1) is 12.2 Å². The summed E-state index contributed by atoms with van der Waals surface area (Å²) in [6.07, 6.45) is -0.534. The summed E-state index contributed by atoms with van der Waals surface area (Å²) in [5.41, 5.74) is 11.2. The Morgan fingerprint density at radius 1 is 1.03 bits per heavy atom. The number of halogens is 1. The molecule has 3 aromatic carbocycles. The Bertz CT molecular complexity index is 1090. The molecule has 1 aliphatic rings. The molecule has 4 nitrogen and oxygen atoms in total. The minimum Gasteiger partial charge on any atom is -0.449 e. The molecule has 0 saturated carbocycles. The van der Waals surface area contributed by atoms with Gasteiger partial charge < -0.3 is 15.8 Å². The van der Waals surface area contributed by atoms with E-state index in [0.717, 1.165) is 11.1 Å². The van der Waals surface area contributed by atoms with Gasteiger partial charge in [0.2, 0.25) is 0 Å². The highest BCUT2D eigenvalue weighted by atomic mass is 19.1. The van der Waals surface area contributed by atoms with Gasteiger partial charge in [0, 0.05) is 11.5 Å². The molecule has 1 amide bonds. The number of rotatable bonds is 3. The third-order valence-corrected chi connectivity index (χ3v) is 4.90. The molecule has 144 valence electrons. The number of amides is 1. The molecular weight excluding hydrogens is 367 g/mol. The molecule has 0 bridgehead atoms. The summed E-state index contributed by atoms with van der Waals surface area (Å²) < 4.78 is 18.5. The number of benzene rings is 3. The second-order valence-corrected chi connectivity index (χ2v) is 6.71. The van der Waals surface area contributed by atoms with Crippen LogP contribution < -0.4 is 11.1 Å². The summed E-state index contributed by atoms with van der Waals surface area (Å²) in [6.45, 7) is 0.353. The summed E-state index contributed by atoms with van der Waals surface area (Å²) in [5.74, 6) is 5.19. The van der Waals surface area contributed by atoms with Gasteiger partial charge in [0.1, 0.15) is 12.4 Å². The van der Waals surface area contributed by atoms with E-state index in [0.29, 0.717) is 5.56 Å². The Morgan fingerprint density at radius 2 is 1.69 bits per heavy atom. The zero-order valence-corrected chi connectivity index (χ0v) is 15.6. The van der Waals surface area contributed by atoms with E-state index in [1.165, 1.54) is 29.3 Å². The fraction of sp³-hybridized carbons (Fsp3) is 0.125. The summed E-state index contributed by atoms with van der Waals surface area (Å²) in [6, 6.07) is 20.3. The summed E-state index contributed by atoms with van der Waals surface area (Å²) in [7, 11) is 0. The first-order chi connectivity index (χ1) is 14.1. The van der Waals surface area contributed by atoms with E-state index >= 15 is 0 Å². The monoisotopic (exact) mass is 386 g/mol. The van der Waals surface area contributed by atoms with Gasteiger partial charge in [-0.3, -0.25) is 0 Å². The van der Waals surface area contributed by atoms with Gasteiger partial charge in [-0.05, 0) is 40.5 Å². The van der Waals surface area contributed by atoms with Crippen molar-refractivity contribution in [2.24, 2.45) is 0 Å². The molecule has 0 fully saturated rings. The van der Waals surface area contributed by atoms with Crippen molar-refractivity contribution in [1.29, 1.82) is 0 Å². The minimum absolute atomic E-state index is 0.0123. The predicted octanol–water partition coefficient (Wildman–Crippen LogP) is 4.30. The Morgan fingerprint density at radius 3 is 2.34 bits per heavy atom. The molecule has 29 heavy (non-hydrogen) atoms. The Hall–Kier alpha value is -3.78. The van der Waals surface area contributed by atoms with Crippen LogP contribution >= 0.6 is 0 Å². The molecule has 0 atom stereocenters. The quantitative estimate of drug-likeness (QED) is 0.521. The van der Waals surface area contributed by atoms with Crippen molar-refractivity contribution in [3.63, 3.8) is 0 Å². The molecular formula is C24H19FN2O2. The van der Waals surface area contributed by atoms with Gasteiger partial charge in [-0.25, -0.2) is 9.18 Å². The maximum atomic E-state index is 13.0. The third-order valence-electron chi connectivity index (χ3n) is 4.90. The normalized spacial score (nSPS) is 11.8. The molecule has 4 rings (SSSR count). The average molecular weight is 386 g/mol. The fourth-order valence-corrected chi connectivity index (χ4v) is 3.55. The highest BCUT2D eigenvalue weighted by molar-refractivity contribution is 5.79. The van der Waals surface area contributed by atoms with Crippen LogP contribution in [-0.4, -0.2) is 19.2 Å². The summed E-state index contributed by atoms with van der Waals surface area (Å²) >= 11 is 0. The maximum Gasteiger partial charge on any atom is 0.407 e. The van der Waals surface area contributed by atoms with E-state index in [2.05, 4.69) is 41.4 Å². The van der Waals surface area contributed by atoms with Crippen LogP contribution in [0.1, 0.15) is 22.6 Å². The SMILES string of the molecule is Nc1cc(F)ccc1C#CCNC(=O)OCC1c2ccccc2-c2ccccc21. The fourth-order valence-electron chi connectivity index (χ4n) is 3.55. The van der Waals surface area contributed by atoms with Gasteiger partial charge in [-0.1, -0.05) is 60.4 Å². The van der Waals surface area contributed by atoms with E-state index in [1.807, 2.05) is 24.3 Å². The lowest BCUT2D eigenvalue weighted by atomic mass is 9.98. The number of nitrogens with one attached hydrogen (secondary N) is 1. The first-order valence-electron chi connectivity index (χ1n) is 9.26. The first kappa shape index (κ1) is 18.6. The number of nitrogen functional groups attached to an aromatic ring is 1. The summed E-state index contributed by atoms with van der Waals surface area (Å²) in [4.78, 5) is 12.1. The van der Waals surface area contributed by atoms with Gasteiger partial charge in [-0.15, -0.1) is 0 Å². The number of carbonyl (C=O) groups is 1. The van der Waals surface area contributed by atoms with Crippen molar-refractivity contribution in [3.05, 3.63) is 89.2 Å². The van der Waals surface area contributed by atoms with Crippen molar-refractivity contribution >= 4 is 11.8 Å². The largest absolute Gasteiger partial charge is 0.449 e. The van der Waals surface area contributed by atoms with Crippen molar-refractivity contribution < 1.29 is 13.9 Å². The molecule has 3 aromatic rings. The van der Waals surface area contributed by atoms with Crippen LogP contribution in [0.4, 0.5) is 14.9 Å². The average Bonchev–Trinajstić information content (AvgIpc) is 3.05. The Balaban J connectivity index is 1.35. The highest BCUT2D eigenvalue weighted by Crippen LogP contribution is 2.44. The van der Waals surface area contributed by atoms with Crippen LogP contribution in [0.25, 0.3) is 11.1 Å². The van der Waals surface area contributed by atoms with Gasteiger partial charge in [-0.2, -0.15) is 0 Å². The van der Waals surface area contributed by atoms with Crippen molar-refractivity contribution in [2.45, 2.75) is 5.92 Å². The van der Waals surface area contributed by atoms with Gasteiger partial charge in [0.25, 0.3) is 0 Å². The topological polar surface area (TPSA) is 64.3 Å². The lowest BCUT2D eigenvalue weighted by Crippen LogP contribution is -2.26. The van der Waals surface area contributed by atoms with Crippen molar-refractivity contribution in [3.8, 4) is 23.0 Å². The number of hydrogen-bond acceptors (Lipinski definition) is 3. The second-order valence-electron chi connectivity index (χ2n) is 6.71. The molecule has 0 radical (unpaired) electrons. The summed E-state index contributed by atoms with van der Waals surface area (Å²) in [5, 5.41) is 2.61. The molecule has 1 aliphatic carbocycles. The Kier molecular flexibility index (Phi) is 5.17. The van der Waals surface area contributed by atoms with Crippen LogP contribution in [0.3, 0.4) is 0 Å². The molecule has 0 aliphatic heterocycles. The molecule has 0 unspecified atom stereocenters. The van der Waals surface area contributed by atoms with Gasteiger partial charge >= 0.3 is 6.09 Å². The van der Waals surface area contributed by atoms with E-state index in [1.54, 1.807) is 0 Å². The molecule has 5 heteroatoms. The second kappa shape index (κ2) is 8.07. The number of fused-ring (bicyclic) bond motifs is 3. The van der Waals surface area contributed by atoms with E-state index < -0.39 is 11.9 Å². The highest BCUT2D eigenvalue weighted by Gasteiger charge is 2.28.